The summed E-state index contributed by atoms with van der Waals surface area (Å²) in [5, 5.41) is 14.7. The number of fused-ring (bicyclic) bond motifs is 5. The van der Waals surface area contributed by atoms with E-state index in [1.165, 1.54) is 5.57 Å². The maximum atomic E-state index is 12.8. The van der Waals surface area contributed by atoms with Gasteiger partial charge in [0.15, 0.2) is 0 Å². The Morgan fingerprint density at radius 1 is 1.03 bits per heavy atom. The monoisotopic (exact) mass is 456 g/mol. The van der Waals surface area contributed by atoms with E-state index in [4.69, 9.17) is 0 Å². The van der Waals surface area contributed by atoms with Gasteiger partial charge in [0.2, 0.25) is 0 Å². The Balaban J connectivity index is 1.38. The molecule has 4 aliphatic rings. The minimum atomic E-state index is -3.65. The van der Waals surface area contributed by atoms with Crippen LogP contribution in [0.2, 0.25) is 0 Å². The molecule has 0 heterocycles. The molecule has 1 aromatic carbocycles. The lowest BCUT2D eigenvalue weighted by molar-refractivity contribution is -0.0209. The quantitative estimate of drug-likeness (QED) is 0.499. The van der Waals surface area contributed by atoms with Gasteiger partial charge in [-0.05, 0) is 93.6 Å². The number of benzene rings is 1. The standard InChI is InChI=1S/C26H36N2O3S/c1-17-4-7-20(8-5-17)32(30,31)28-27-24-11-10-22-21-9-6-18-16-19(29)12-14-25(18,2)23(21)13-15-26(22,24)3/h4-8,19,21-23,28-29H,9-16H2,1-3H3/b27-24-/t19-,21+,22+,23+,25+,26+/m1/s1. The van der Waals surface area contributed by atoms with Crippen molar-refractivity contribution in [1.82, 2.24) is 4.83 Å². The zero-order valence-corrected chi connectivity index (χ0v) is 20.3. The summed E-state index contributed by atoms with van der Waals surface area (Å²) in [4.78, 5) is 2.80. The fourth-order valence-electron chi connectivity index (χ4n) is 7.50. The lowest BCUT2D eigenvalue weighted by Crippen LogP contribution is -2.50. The topological polar surface area (TPSA) is 78.8 Å². The van der Waals surface area contributed by atoms with E-state index >= 15 is 0 Å². The number of hydrogen-bond acceptors (Lipinski definition) is 4. The smallest absolute Gasteiger partial charge is 0.276 e. The van der Waals surface area contributed by atoms with E-state index in [1.54, 1.807) is 12.1 Å². The highest BCUT2D eigenvalue weighted by molar-refractivity contribution is 7.89. The average molecular weight is 457 g/mol. The van der Waals surface area contributed by atoms with Crippen LogP contribution in [0.25, 0.3) is 0 Å². The summed E-state index contributed by atoms with van der Waals surface area (Å²) in [5.41, 5.74) is 3.72. The normalized spacial score (nSPS) is 40.2. The van der Waals surface area contributed by atoms with Crippen LogP contribution >= 0.6 is 0 Å². The number of aryl methyl sites for hydroxylation is 1. The van der Waals surface area contributed by atoms with Crippen molar-refractivity contribution < 1.29 is 13.5 Å². The molecular weight excluding hydrogens is 420 g/mol. The molecule has 1 aromatic rings. The third-order valence-electron chi connectivity index (χ3n) is 9.45. The van der Waals surface area contributed by atoms with Gasteiger partial charge in [0.1, 0.15) is 0 Å². The van der Waals surface area contributed by atoms with Gasteiger partial charge in [-0.2, -0.15) is 13.5 Å². The number of nitrogens with zero attached hydrogens (tertiary/aromatic N) is 1. The molecule has 6 atom stereocenters. The number of nitrogens with one attached hydrogen (secondary N) is 1. The van der Waals surface area contributed by atoms with Crippen molar-refractivity contribution >= 4 is 15.7 Å². The van der Waals surface area contributed by atoms with E-state index in [0.29, 0.717) is 17.8 Å². The van der Waals surface area contributed by atoms with Crippen molar-refractivity contribution in [3.05, 3.63) is 41.5 Å². The highest BCUT2D eigenvalue weighted by Gasteiger charge is 2.57. The number of rotatable bonds is 3. The Labute approximate surface area is 192 Å². The third kappa shape index (κ3) is 3.45. The minimum absolute atomic E-state index is 0.0349. The molecule has 0 radical (unpaired) electrons. The van der Waals surface area contributed by atoms with Crippen LogP contribution in [-0.2, 0) is 10.0 Å². The van der Waals surface area contributed by atoms with E-state index in [0.717, 1.165) is 62.6 Å². The SMILES string of the molecule is Cc1ccc(S(=O)(=O)N/N=C2/CC[C@H]3[C@@H]4CC=C5C[C@H](O)CC[C@]5(C)[C@H]4CC[C@]23C)cc1. The van der Waals surface area contributed by atoms with Crippen LogP contribution in [0.15, 0.2) is 45.9 Å². The predicted octanol–water partition coefficient (Wildman–Crippen LogP) is 4.95. The molecule has 174 valence electrons. The molecule has 5 nitrogen and oxygen atoms in total. The van der Waals surface area contributed by atoms with E-state index in [-0.39, 0.29) is 21.8 Å². The zero-order valence-electron chi connectivity index (χ0n) is 19.5. The van der Waals surface area contributed by atoms with Gasteiger partial charge in [-0.25, -0.2) is 4.83 Å². The van der Waals surface area contributed by atoms with Crippen LogP contribution in [0.1, 0.15) is 70.8 Å². The number of sulfonamides is 1. The van der Waals surface area contributed by atoms with Crippen molar-refractivity contribution in [3.8, 4) is 0 Å². The molecule has 0 aliphatic heterocycles. The van der Waals surface area contributed by atoms with Gasteiger partial charge in [0.25, 0.3) is 10.0 Å². The van der Waals surface area contributed by atoms with Crippen LogP contribution in [0.5, 0.6) is 0 Å². The summed E-state index contributed by atoms with van der Waals surface area (Å²) in [6.07, 6.45) is 10.4. The van der Waals surface area contributed by atoms with Crippen LogP contribution in [0.4, 0.5) is 0 Å². The predicted molar refractivity (Wildman–Crippen MR) is 127 cm³/mol. The Kier molecular flexibility index (Phi) is 5.33. The first-order valence-electron chi connectivity index (χ1n) is 12.2. The molecule has 2 N–H and O–H groups in total. The Morgan fingerprint density at radius 2 is 1.72 bits per heavy atom. The van der Waals surface area contributed by atoms with Gasteiger partial charge in [-0.1, -0.05) is 43.2 Å². The highest BCUT2D eigenvalue weighted by atomic mass is 32.2. The molecule has 0 unspecified atom stereocenters. The Hall–Kier alpha value is -1.66. The molecule has 4 aliphatic carbocycles. The number of aliphatic hydroxyl groups excluding tert-OH is 1. The molecule has 0 spiro atoms. The second-order valence-electron chi connectivity index (χ2n) is 11.1. The largest absolute Gasteiger partial charge is 0.393 e. The first kappa shape index (κ1) is 22.1. The van der Waals surface area contributed by atoms with E-state index in [1.807, 2.05) is 19.1 Å². The maximum absolute atomic E-state index is 12.8. The van der Waals surface area contributed by atoms with Crippen molar-refractivity contribution in [3.63, 3.8) is 0 Å². The molecule has 0 amide bonds. The van der Waals surface area contributed by atoms with E-state index < -0.39 is 10.0 Å². The van der Waals surface area contributed by atoms with Crippen molar-refractivity contribution in [2.24, 2.45) is 33.7 Å². The summed E-state index contributed by atoms with van der Waals surface area (Å²) in [5.74, 6) is 1.83. The molecule has 0 aromatic heterocycles. The Bertz CT molecular complexity index is 1060. The van der Waals surface area contributed by atoms with Crippen molar-refractivity contribution in [1.29, 1.82) is 0 Å². The lowest BCUT2D eigenvalue weighted by atomic mass is 9.48. The Morgan fingerprint density at radius 3 is 2.47 bits per heavy atom. The van der Waals surface area contributed by atoms with Crippen LogP contribution < -0.4 is 4.83 Å². The van der Waals surface area contributed by atoms with Crippen molar-refractivity contribution in [2.45, 2.75) is 83.1 Å². The van der Waals surface area contributed by atoms with Gasteiger partial charge < -0.3 is 5.11 Å². The first-order valence-corrected chi connectivity index (χ1v) is 13.6. The number of aliphatic hydroxyl groups is 1. The lowest BCUT2D eigenvalue weighted by Gasteiger charge is -2.57. The van der Waals surface area contributed by atoms with Crippen LogP contribution in [0.3, 0.4) is 0 Å². The fraction of sp³-hybridized carbons (Fsp3) is 0.654. The molecule has 6 heteroatoms. The highest BCUT2D eigenvalue weighted by Crippen LogP contribution is 2.64. The molecule has 32 heavy (non-hydrogen) atoms. The molecule has 0 bridgehead atoms. The summed E-state index contributed by atoms with van der Waals surface area (Å²) in [7, 11) is -3.65. The fourth-order valence-corrected chi connectivity index (χ4v) is 8.33. The molecule has 0 saturated heterocycles. The second-order valence-corrected chi connectivity index (χ2v) is 12.8. The van der Waals surface area contributed by atoms with Crippen LogP contribution in [-0.4, -0.2) is 25.3 Å². The number of hydrogen-bond donors (Lipinski definition) is 2. The van der Waals surface area contributed by atoms with Crippen molar-refractivity contribution in [2.75, 3.05) is 0 Å². The average Bonchev–Trinajstić information content (AvgIpc) is 3.09. The minimum Gasteiger partial charge on any atom is -0.393 e. The molecule has 5 rings (SSSR count). The maximum Gasteiger partial charge on any atom is 0.276 e. The second kappa shape index (κ2) is 7.69. The summed E-state index contributed by atoms with van der Waals surface area (Å²) < 4.78 is 25.5. The first-order chi connectivity index (χ1) is 15.1. The number of allylic oxidation sites excluding steroid dienone is 1. The third-order valence-corrected chi connectivity index (χ3v) is 10.7. The van der Waals surface area contributed by atoms with E-state index in [9.17, 15) is 13.5 Å². The van der Waals surface area contributed by atoms with Gasteiger partial charge in [-0.3, -0.25) is 0 Å². The molecule has 3 fully saturated rings. The summed E-state index contributed by atoms with van der Waals surface area (Å²) >= 11 is 0. The van der Waals surface area contributed by atoms with Gasteiger partial charge in [-0.15, -0.1) is 0 Å². The number of hydrazone groups is 1. The molecule has 3 saturated carbocycles. The van der Waals surface area contributed by atoms with Gasteiger partial charge in [0.05, 0.1) is 11.0 Å². The van der Waals surface area contributed by atoms with Gasteiger partial charge in [0, 0.05) is 11.1 Å². The zero-order chi connectivity index (χ0) is 22.7. The van der Waals surface area contributed by atoms with Gasteiger partial charge >= 0.3 is 0 Å². The van der Waals surface area contributed by atoms with Crippen LogP contribution in [0, 0.1) is 35.5 Å². The molecular formula is C26H36N2O3S. The summed E-state index contributed by atoms with van der Waals surface area (Å²) in [6.45, 7) is 6.69. The van der Waals surface area contributed by atoms with E-state index in [2.05, 4.69) is 29.9 Å². The summed E-state index contributed by atoms with van der Waals surface area (Å²) in [6, 6.07) is 6.89.